The molecule has 0 bridgehead atoms. The average Bonchev–Trinajstić information content (AvgIpc) is 3.00. The van der Waals surface area contributed by atoms with E-state index in [9.17, 15) is 23.4 Å². The average molecular weight is 342 g/mol. The van der Waals surface area contributed by atoms with Crippen molar-refractivity contribution in [2.45, 2.75) is 10.3 Å². The number of nitrogens with one attached hydrogen (secondary N) is 1. The van der Waals surface area contributed by atoms with Gasteiger partial charge in [-0.2, -0.15) is 0 Å². The minimum atomic E-state index is -3.58. The first-order valence-corrected chi connectivity index (χ1v) is 8.80. The Labute approximate surface area is 131 Å². The second kappa shape index (κ2) is 6.86. The van der Waals surface area contributed by atoms with Crippen molar-refractivity contribution in [2.24, 2.45) is 0 Å². The van der Waals surface area contributed by atoms with Crippen LogP contribution < -0.4 is 5.32 Å². The molecule has 0 unspecified atom stereocenters. The lowest BCUT2D eigenvalue weighted by atomic mass is 10.3. The van der Waals surface area contributed by atoms with Crippen LogP contribution in [0.1, 0.15) is 10.5 Å². The number of carbonyl (C=O) groups is 1. The van der Waals surface area contributed by atoms with Crippen LogP contribution >= 0.6 is 11.3 Å². The number of rotatable bonds is 6. The molecule has 2 aromatic rings. The largest absolute Gasteiger partial charge is 0.505 e. The SMILES string of the molecule is O=C(NC[C@@H](O)CS(=O)(=O)c1cccs1)c1ncccc1O. The summed E-state index contributed by atoms with van der Waals surface area (Å²) in [5, 5.41) is 23.2. The van der Waals surface area contributed by atoms with Gasteiger partial charge in [0.2, 0.25) is 0 Å². The number of pyridine rings is 1. The molecule has 2 rings (SSSR count). The van der Waals surface area contributed by atoms with Gasteiger partial charge in [-0.1, -0.05) is 6.07 Å². The van der Waals surface area contributed by atoms with E-state index in [-0.39, 0.29) is 22.2 Å². The number of hydrogen-bond donors (Lipinski definition) is 3. The van der Waals surface area contributed by atoms with Crippen molar-refractivity contribution in [1.29, 1.82) is 0 Å². The van der Waals surface area contributed by atoms with Crippen molar-refractivity contribution in [3.8, 4) is 5.75 Å². The molecule has 0 aliphatic heterocycles. The molecule has 0 aromatic carbocycles. The van der Waals surface area contributed by atoms with Crippen LogP contribution in [0.4, 0.5) is 0 Å². The third-order valence-corrected chi connectivity index (χ3v) is 6.00. The number of aromatic nitrogens is 1. The van der Waals surface area contributed by atoms with E-state index in [0.717, 1.165) is 11.3 Å². The van der Waals surface area contributed by atoms with E-state index in [0.29, 0.717) is 0 Å². The Morgan fingerprint density at radius 3 is 2.77 bits per heavy atom. The lowest BCUT2D eigenvalue weighted by Gasteiger charge is -2.11. The molecule has 0 saturated heterocycles. The van der Waals surface area contributed by atoms with Gasteiger partial charge >= 0.3 is 0 Å². The number of aliphatic hydroxyl groups excluding tert-OH is 1. The van der Waals surface area contributed by atoms with Gasteiger partial charge in [0.25, 0.3) is 5.91 Å². The third kappa shape index (κ3) is 4.03. The summed E-state index contributed by atoms with van der Waals surface area (Å²) < 4.78 is 24.1. The van der Waals surface area contributed by atoms with E-state index in [1.54, 1.807) is 11.4 Å². The van der Waals surface area contributed by atoms with Crippen LogP contribution in [-0.2, 0) is 9.84 Å². The Bertz CT molecular complexity index is 744. The summed E-state index contributed by atoms with van der Waals surface area (Å²) in [5.41, 5.74) is -0.184. The topological polar surface area (TPSA) is 117 Å². The maximum absolute atomic E-state index is 12.0. The zero-order chi connectivity index (χ0) is 16.2. The van der Waals surface area contributed by atoms with Crippen molar-refractivity contribution in [3.05, 3.63) is 41.5 Å². The normalized spacial score (nSPS) is 12.8. The van der Waals surface area contributed by atoms with E-state index >= 15 is 0 Å². The molecule has 2 aromatic heterocycles. The number of aromatic hydroxyl groups is 1. The molecular weight excluding hydrogens is 328 g/mol. The molecule has 22 heavy (non-hydrogen) atoms. The van der Waals surface area contributed by atoms with Gasteiger partial charge in [-0.05, 0) is 23.6 Å². The van der Waals surface area contributed by atoms with E-state index in [1.807, 2.05) is 0 Å². The fourth-order valence-corrected chi connectivity index (χ4v) is 4.18. The second-order valence-electron chi connectivity index (χ2n) is 4.45. The van der Waals surface area contributed by atoms with Gasteiger partial charge < -0.3 is 15.5 Å². The van der Waals surface area contributed by atoms with E-state index < -0.39 is 27.6 Å². The van der Waals surface area contributed by atoms with Gasteiger partial charge in [0.1, 0.15) is 9.96 Å². The van der Waals surface area contributed by atoms with Crippen LogP contribution in [0, 0.1) is 0 Å². The molecule has 0 fully saturated rings. The highest BCUT2D eigenvalue weighted by Gasteiger charge is 2.21. The van der Waals surface area contributed by atoms with E-state index in [2.05, 4.69) is 10.3 Å². The summed E-state index contributed by atoms with van der Waals surface area (Å²) in [6.07, 6.45) is 0.0775. The number of thiophene rings is 1. The fraction of sp³-hybridized carbons (Fsp3) is 0.231. The number of hydrogen-bond acceptors (Lipinski definition) is 7. The zero-order valence-electron chi connectivity index (χ0n) is 11.3. The molecule has 0 radical (unpaired) electrons. The summed E-state index contributed by atoms with van der Waals surface area (Å²) in [6, 6.07) is 5.83. The van der Waals surface area contributed by atoms with Crippen molar-refractivity contribution in [1.82, 2.24) is 10.3 Å². The molecular formula is C13H14N2O5S2. The van der Waals surface area contributed by atoms with Crippen molar-refractivity contribution < 1.29 is 23.4 Å². The maximum atomic E-state index is 12.0. The summed E-state index contributed by atoms with van der Waals surface area (Å²) in [7, 11) is -3.58. The maximum Gasteiger partial charge on any atom is 0.273 e. The molecule has 1 atom stereocenters. The molecule has 1 amide bonds. The van der Waals surface area contributed by atoms with Gasteiger partial charge in [0.15, 0.2) is 15.5 Å². The van der Waals surface area contributed by atoms with Crippen LogP contribution in [0.3, 0.4) is 0 Å². The smallest absolute Gasteiger partial charge is 0.273 e. The highest BCUT2D eigenvalue weighted by molar-refractivity contribution is 7.93. The monoisotopic (exact) mass is 342 g/mol. The lowest BCUT2D eigenvalue weighted by Crippen LogP contribution is -2.36. The van der Waals surface area contributed by atoms with Gasteiger partial charge in [0.05, 0.1) is 11.9 Å². The summed E-state index contributed by atoms with van der Waals surface area (Å²) in [5.74, 6) is -1.48. The first kappa shape index (κ1) is 16.4. The predicted octanol–water partition coefficient (Wildman–Crippen LogP) is 0.413. The minimum absolute atomic E-state index is 0.167. The number of aliphatic hydroxyl groups is 1. The summed E-state index contributed by atoms with van der Waals surface area (Å²) in [6.45, 7) is -0.264. The quantitative estimate of drug-likeness (QED) is 0.700. The molecule has 2 heterocycles. The van der Waals surface area contributed by atoms with Crippen LogP contribution in [-0.4, -0.2) is 47.9 Å². The van der Waals surface area contributed by atoms with Gasteiger partial charge in [0, 0.05) is 12.7 Å². The van der Waals surface area contributed by atoms with Crippen LogP contribution in [0.5, 0.6) is 5.75 Å². The first-order valence-electron chi connectivity index (χ1n) is 6.26. The Morgan fingerprint density at radius 2 is 2.14 bits per heavy atom. The van der Waals surface area contributed by atoms with Crippen LogP contribution in [0.2, 0.25) is 0 Å². The molecule has 0 spiro atoms. The first-order chi connectivity index (χ1) is 10.4. The molecule has 7 nitrogen and oxygen atoms in total. The summed E-state index contributed by atoms with van der Waals surface area (Å²) >= 11 is 1.07. The molecule has 118 valence electrons. The highest BCUT2D eigenvalue weighted by atomic mass is 32.2. The van der Waals surface area contributed by atoms with Gasteiger partial charge in [-0.25, -0.2) is 13.4 Å². The minimum Gasteiger partial charge on any atom is -0.505 e. The predicted molar refractivity (Wildman–Crippen MR) is 80.6 cm³/mol. The van der Waals surface area contributed by atoms with Gasteiger partial charge in [-0.3, -0.25) is 4.79 Å². The number of amides is 1. The van der Waals surface area contributed by atoms with E-state index in [4.69, 9.17) is 0 Å². The summed E-state index contributed by atoms with van der Waals surface area (Å²) in [4.78, 5) is 15.5. The lowest BCUT2D eigenvalue weighted by molar-refractivity contribution is 0.0917. The Balaban J connectivity index is 1.92. The molecule has 0 aliphatic carbocycles. The molecule has 0 aliphatic rings. The molecule has 9 heteroatoms. The number of sulfone groups is 1. The second-order valence-corrected chi connectivity index (χ2v) is 7.66. The van der Waals surface area contributed by atoms with Crippen LogP contribution in [0.15, 0.2) is 40.1 Å². The Hall–Kier alpha value is -1.97. The number of nitrogens with zero attached hydrogens (tertiary/aromatic N) is 1. The Morgan fingerprint density at radius 1 is 1.36 bits per heavy atom. The van der Waals surface area contributed by atoms with Crippen molar-refractivity contribution in [2.75, 3.05) is 12.3 Å². The highest BCUT2D eigenvalue weighted by Crippen LogP contribution is 2.18. The molecule has 3 N–H and O–H groups in total. The Kier molecular flexibility index (Phi) is 5.11. The van der Waals surface area contributed by atoms with Crippen molar-refractivity contribution in [3.63, 3.8) is 0 Å². The zero-order valence-corrected chi connectivity index (χ0v) is 13.0. The third-order valence-electron chi connectivity index (χ3n) is 2.71. The standard InChI is InChI=1S/C13H14N2O5S2/c16-9(8-22(19,20)11-4-2-6-21-11)7-15-13(18)12-10(17)3-1-5-14-12/h1-6,9,16-17H,7-8H2,(H,15,18)/t9-/m1/s1. The van der Waals surface area contributed by atoms with E-state index in [1.165, 1.54) is 24.4 Å². The van der Waals surface area contributed by atoms with Crippen LogP contribution in [0.25, 0.3) is 0 Å². The van der Waals surface area contributed by atoms with Crippen molar-refractivity contribution >= 4 is 27.1 Å². The molecule has 0 saturated carbocycles. The number of carbonyl (C=O) groups excluding carboxylic acids is 1. The van der Waals surface area contributed by atoms with Gasteiger partial charge in [-0.15, -0.1) is 11.3 Å². The fourth-order valence-electron chi connectivity index (χ4n) is 1.70.